The van der Waals surface area contributed by atoms with Crippen LogP contribution in [-0.2, 0) is 27.4 Å². The van der Waals surface area contributed by atoms with E-state index in [0.717, 1.165) is 24.3 Å². The van der Waals surface area contributed by atoms with E-state index in [1.807, 2.05) is 6.92 Å². The van der Waals surface area contributed by atoms with E-state index < -0.39 is 21.8 Å². The van der Waals surface area contributed by atoms with Crippen molar-refractivity contribution in [1.29, 1.82) is 0 Å². The third kappa shape index (κ3) is 3.88. The van der Waals surface area contributed by atoms with E-state index in [4.69, 9.17) is 0 Å². The first kappa shape index (κ1) is 20.7. The molecule has 0 aromatic heterocycles. The molecule has 0 bridgehead atoms. The second-order valence-electron chi connectivity index (χ2n) is 6.53. The normalized spacial score (nSPS) is 16.8. The van der Waals surface area contributed by atoms with Crippen LogP contribution in [0.5, 0.6) is 0 Å². The molecule has 2 aromatic carbocycles. The molecule has 5 nitrogen and oxygen atoms in total. The number of carbonyl (C=O) groups excluding carboxylic acids is 1. The van der Waals surface area contributed by atoms with Crippen molar-refractivity contribution >= 4 is 43.2 Å². The van der Waals surface area contributed by atoms with Gasteiger partial charge >= 0.3 is 6.18 Å². The summed E-state index contributed by atoms with van der Waals surface area (Å²) in [6, 6.07) is 6.61. The molecule has 1 heterocycles. The van der Waals surface area contributed by atoms with E-state index >= 15 is 0 Å². The predicted octanol–water partition coefficient (Wildman–Crippen LogP) is 4.57. The number of carbonyl (C=O) groups is 1. The molecule has 2 aromatic rings. The number of benzene rings is 2. The third-order valence-electron chi connectivity index (χ3n) is 4.41. The second-order valence-corrected chi connectivity index (χ2v) is 9.10. The number of sulfonamides is 1. The molecule has 150 valence electrons. The number of rotatable bonds is 3. The van der Waals surface area contributed by atoms with Gasteiger partial charge in [-0.15, -0.1) is 0 Å². The van der Waals surface area contributed by atoms with Crippen LogP contribution in [-0.4, -0.2) is 20.4 Å². The van der Waals surface area contributed by atoms with Crippen LogP contribution in [0.2, 0.25) is 0 Å². The highest BCUT2D eigenvalue weighted by molar-refractivity contribution is 9.10. The molecule has 0 saturated carbocycles. The molecule has 0 spiro atoms. The van der Waals surface area contributed by atoms with Gasteiger partial charge in [0.25, 0.3) is 10.0 Å². The maximum absolute atomic E-state index is 13.0. The number of fused-ring (bicyclic) bond motifs is 1. The fraction of sp³-hybridized carbons (Fsp3) is 0.278. The van der Waals surface area contributed by atoms with Gasteiger partial charge in [0.05, 0.1) is 11.3 Å². The second kappa shape index (κ2) is 7.07. The van der Waals surface area contributed by atoms with Gasteiger partial charge in [0.2, 0.25) is 5.91 Å². The summed E-state index contributed by atoms with van der Waals surface area (Å²) in [5.41, 5.74) is 0.102. The van der Waals surface area contributed by atoms with Crippen molar-refractivity contribution in [3.63, 3.8) is 0 Å². The zero-order valence-electron chi connectivity index (χ0n) is 14.8. The number of anilines is 2. The van der Waals surface area contributed by atoms with Crippen LogP contribution >= 0.6 is 15.9 Å². The summed E-state index contributed by atoms with van der Waals surface area (Å²) in [5, 5.41) is 0. The van der Waals surface area contributed by atoms with Gasteiger partial charge < -0.3 is 4.90 Å². The molecule has 0 aliphatic carbocycles. The molecular formula is C18H16BrF3N2O3S. The zero-order valence-corrected chi connectivity index (χ0v) is 17.2. The van der Waals surface area contributed by atoms with Crippen LogP contribution in [0.4, 0.5) is 24.5 Å². The molecule has 0 saturated heterocycles. The first-order valence-corrected chi connectivity index (χ1v) is 10.5. The lowest BCUT2D eigenvalue weighted by Gasteiger charge is -2.23. The van der Waals surface area contributed by atoms with Crippen molar-refractivity contribution in [2.24, 2.45) is 0 Å². The van der Waals surface area contributed by atoms with E-state index in [2.05, 4.69) is 20.7 Å². The summed E-state index contributed by atoms with van der Waals surface area (Å²) >= 11 is 3.28. The SMILES string of the molecule is CC(=O)N1c2c(cc(Br)cc2S(=O)(=O)Nc2ccc(C(F)(F)F)cc2)C[C@H]1C. The molecule has 1 N–H and O–H groups in total. The highest BCUT2D eigenvalue weighted by atomic mass is 79.9. The Kier molecular flexibility index (Phi) is 5.22. The summed E-state index contributed by atoms with van der Waals surface area (Å²) < 4.78 is 66.8. The van der Waals surface area contributed by atoms with Crippen LogP contribution in [0.25, 0.3) is 0 Å². The fourth-order valence-electron chi connectivity index (χ4n) is 3.30. The average Bonchev–Trinajstić information content (AvgIpc) is 2.88. The lowest BCUT2D eigenvalue weighted by Crippen LogP contribution is -2.34. The van der Waals surface area contributed by atoms with Crippen LogP contribution < -0.4 is 9.62 Å². The lowest BCUT2D eigenvalue weighted by atomic mass is 10.1. The maximum Gasteiger partial charge on any atom is 0.416 e. The molecule has 0 radical (unpaired) electrons. The van der Waals surface area contributed by atoms with Gasteiger partial charge in [-0.2, -0.15) is 13.2 Å². The molecule has 1 aliphatic rings. The standard InChI is InChI=1S/C18H16BrF3N2O3S/c1-10-7-12-8-14(19)9-16(17(12)24(10)11(2)25)28(26,27)23-15-5-3-13(4-6-15)18(20,21)22/h3-6,8-10,23H,7H2,1-2H3/t10-/m1/s1. The van der Waals surface area contributed by atoms with Gasteiger partial charge in [-0.25, -0.2) is 8.42 Å². The number of nitrogens with one attached hydrogen (secondary N) is 1. The molecule has 0 fully saturated rings. The molecule has 0 unspecified atom stereocenters. The predicted molar refractivity (Wildman–Crippen MR) is 103 cm³/mol. The van der Waals surface area contributed by atoms with E-state index in [1.165, 1.54) is 17.9 Å². The smallest absolute Gasteiger partial charge is 0.308 e. The summed E-state index contributed by atoms with van der Waals surface area (Å²) in [4.78, 5) is 13.4. The Bertz CT molecular complexity index is 1040. The summed E-state index contributed by atoms with van der Waals surface area (Å²) in [5.74, 6) is -0.292. The van der Waals surface area contributed by atoms with Crippen molar-refractivity contribution in [1.82, 2.24) is 0 Å². The highest BCUT2D eigenvalue weighted by Gasteiger charge is 2.36. The third-order valence-corrected chi connectivity index (χ3v) is 6.26. The number of hydrogen-bond donors (Lipinski definition) is 1. The molecule has 1 aliphatic heterocycles. The number of hydrogen-bond acceptors (Lipinski definition) is 3. The van der Waals surface area contributed by atoms with Crippen molar-refractivity contribution in [2.45, 2.75) is 37.4 Å². The molecule has 28 heavy (non-hydrogen) atoms. The quantitative estimate of drug-likeness (QED) is 0.705. The Morgan fingerprint density at radius 3 is 2.36 bits per heavy atom. The van der Waals surface area contributed by atoms with Gasteiger partial charge in [-0.1, -0.05) is 15.9 Å². The van der Waals surface area contributed by atoms with Gasteiger partial charge in [-0.3, -0.25) is 9.52 Å². The monoisotopic (exact) mass is 476 g/mol. The Hall–Kier alpha value is -2.07. The Morgan fingerprint density at radius 2 is 1.82 bits per heavy atom. The minimum atomic E-state index is -4.51. The van der Waals surface area contributed by atoms with Crippen LogP contribution in [0.1, 0.15) is 25.0 Å². The van der Waals surface area contributed by atoms with Gasteiger partial charge in [0.15, 0.2) is 0 Å². The number of nitrogens with zero attached hydrogens (tertiary/aromatic N) is 1. The first-order valence-electron chi connectivity index (χ1n) is 8.22. The lowest BCUT2D eigenvalue weighted by molar-refractivity contribution is -0.137. The maximum atomic E-state index is 13.0. The number of alkyl halides is 3. The minimum Gasteiger partial charge on any atom is -0.308 e. The first-order chi connectivity index (χ1) is 12.9. The van der Waals surface area contributed by atoms with Crippen LogP contribution in [0, 0.1) is 0 Å². The van der Waals surface area contributed by atoms with Crippen molar-refractivity contribution in [2.75, 3.05) is 9.62 Å². The molecule has 1 amide bonds. The molecule has 10 heteroatoms. The largest absolute Gasteiger partial charge is 0.416 e. The number of halogens is 4. The van der Waals surface area contributed by atoms with Crippen molar-refractivity contribution in [3.8, 4) is 0 Å². The Labute approximate surface area is 168 Å². The van der Waals surface area contributed by atoms with Crippen molar-refractivity contribution < 1.29 is 26.4 Å². The Morgan fingerprint density at radius 1 is 1.21 bits per heavy atom. The van der Waals surface area contributed by atoms with E-state index in [-0.39, 0.29) is 22.5 Å². The highest BCUT2D eigenvalue weighted by Crippen LogP contribution is 2.40. The van der Waals surface area contributed by atoms with Gasteiger partial charge in [-0.05, 0) is 55.3 Å². The Balaban J connectivity index is 2.03. The zero-order chi connectivity index (χ0) is 20.9. The van der Waals surface area contributed by atoms with E-state index in [1.54, 1.807) is 6.07 Å². The summed E-state index contributed by atoms with van der Waals surface area (Å²) in [7, 11) is -4.15. The van der Waals surface area contributed by atoms with Gasteiger partial charge in [0, 0.05) is 23.1 Å². The topological polar surface area (TPSA) is 66.5 Å². The molecule has 3 rings (SSSR count). The number of amides is 1. The van der Waals surface area contributed by atoms with Gasteiger partial charge in [0.1, 0.15) is 4.90 Å². The average molecular weight is 477 g/mol. The van der Waals surface area contributed by atoms with Crippen molar-refractivity contribution in [3.05, 3.63) is 52.0 Å². The minimum absolute atomic E-state index is 0.0119. The summed E-state index contributed by atoms with van der Waals surface area (Å²) in [6.07, 6.45) is -4.02. The van der Waals surface area contributed by atoms with Crippen LogP contribution in [0.15, 0.2) is 45.8 Å². The molecular weight excluding hydrogens is 461 g/mol. The van der Waals surface area contributed by atoms with E-state index in [0.29, 0.717) is 22.1 Å². The van der Waals surface area contributed by atoms with Crippen LogP contribution in [0.3, 0.4) is 0 Å². The molecule has 1 atom stereocenters. The fourth-order valence-corrected chi connectivity index (χ4v) is 5.28. The van der Waals surface area contributed by atoms with E-state index in [9.17, 15) is 26.4 Å². The summed E-state index contributed by atoms with van der Waals surface area (Å²) in [6.45, 7) is 3.17.